The molecule has 33 heavy (non-hydrogen) atoms. The fraction of sp³-hybridized carbons (Fsp3) is 0.800. The Morgan fingerprint density at radius 1 is 1.09 bits per heavy atom. The van der Waals surface area contributed by atoms with Gasteiger partial charge in [-0.25, -0.2) is 0 Å². The fourth-order valence-electron chi connectivity index (χ4n) is 8.24. The van der Waals surface area contributed by atoms with Crippen molar-refractivity contribution in [3.8, 4) is 0 Å². The second-order valence-electron chi connectivity index (χ2n) is 12.5. The van der Waals surface area contributed by atoms with Crippen LogP contribution in [0.3, 0.4) is 0 Å². The van der Waals surface area contributed by atoms with E-state index in [1.165, 1.54) is 63.9 Å². The third-order valence-electron chi connectivity index (χ3n) is 10.6. The maximum Gasteiger partial charge on any atom is 0.302 e. The fourth-order valence-corrected chi connectivity index (χ4v) is 8.24. The minimum Gasteiger partial charge on any atom is -0.466 e. The van der Waals surface area contributed by atoms with E-state index in [0.717, 1.165) is 5.92 Å². The molecule has 0 aromatic heterocycles. The zero-order valence-electron chi connectivity index (χ0n) is 21.9. The molecule has 2 unspecified atom stereocenters. The molecule has 4 aliphatic rings. The van der Waals surface area contributed by atoms with E-state index in [1.807, 2.05) is 0 Å². The quantitative estimate of drug-likeness (QED) is 0.312. The highest BCUT2D eigenvalue weighted by atomic mass is 16.5. The maximum atomic E-state index is 13.5. The second kappa shape index (κ2) is 9.34. The minimum atomic E-state index is -0.212. The summed E-state index contributed by atoms with van der Waals surface area (Å²) >= 11 is 0. The van der Waals surface area contributed by atoms with Crippen molar-refractivity contribution in [1.82, 2.24) is 0 Å². The van der Waals surface area contributed by atoms with Gasteiger partial charge in [0.15, 0.2) is 5.78 Å². The zero-order chi connectivity index (χ0) is 24.0. The molecule has 0 aromatic carbocycles. The minimum absolute atomic E-state index is 0.0388. The van der Waals surface area contributed by atoms with Gasteiger partial charge in [0, 0.05) is 18.9 Å². The molecule has 184 valence electrons. The van der Waals surface area contributed by atoms with Crippen LogP contribution in [0.1, 0.15) is 99.3 Å². The highest BCUT2D eigenvalue weighted by Crippen LogP contribution is 2.65. The summed E-state index contributed by atoms with van der Waals surface area (Å²) in [6, 6.07) is 0. The van der Waals surface area contributed by atoms with E-state index in [9.17, 15) is 9.59 Å². The highest BCUT2D eigenvalue weighted by molar-refractivity contribution is 6.00. The first-order valence-electron chi connectivity index (χ1n) is 13.7. The molecule has 4 rings (SSSR count). The average molecular weight is 455 g/mol. The van der Waals surface area contributed by atoms with Crippen LogP contribution in [-0.4, -0.2) is 18.4 Å². The molecule has 0 amide bonds. The molecule has 0 N–H and O–H groups in total. The van der Waals surface area contributed by atoms with Crippen LogP contribution in [0.2, 0.25) is 0 Å². The second-order valence-corrected chi connectivity index (χ2v) is 12.5. The summed E-state index contributed by atoms with van der Waals surface area (Å²) in [5, 5.41) is 0. The van der Waals surface area contributed by atoms with Crippen LogP contribution < -0.4 is 0 Å². The van der Waals surface area contributed by atoms with Gasteiger partial charge in [0.05, 0.1) is 6.61 Å². The topological polar surface area (TPSA) is 43.4 Å². The molecule has 0 aromatic rings. The number of fused-ring (bicyclic) bond motifs is 4. The first-order chi connectivity index (χ1) is 15.6. The van der Waals surface area contributed by atoms with E-state index in [1.54, 1.807) is 5.57 Å². The van der Waals surface area contributed by atoms with Gasteiger partial charge in [-0.1, -0.05) is 65.2 Å². The molecule has 0 radical (unpaired) electrons. The van der Waals surface area contributed by atoms with Gasteiger partial charge >= 0.3 is 5.97 Å². The monoisotopic (exact) mass is 454 g/mol. The predicted octanol–water partition coefficient (Wildman–Crippen LogP) is 7.31. The van der Waals surface area contributed by atoms with E-state index < -0.39 is 0 Å². The molecule has 3 fully saturated rings. The summed E-state index contributed by atoms with van der Waals surface area (Å²) < 4.78 is 5.20. The number of carbonyl (C=O) groups is 2. The Morgan fingerprint density at radius 3 is 2.58 bits per heavy atom. The van der Waals surface area contributed by atoms with E-state index in [2.05, 4.69) is 46.8 Å². The highest BCUT2D eigenvalue weighted by Gasteiger charge is 2.57. The van der Waals surface area contributed by atoms with Crippen molar-refractivity contribution in [2.24, 2.45) is 46.3 Å². The number of ketones is 1. The van der Waals surface area contributed by atoms with E-state index in [4.69, 9.17) is 4.74 Å². The molecule has 3 heteroatoms. The smallest absolute Gasteiger partial charge is 0.302 e. The third-order valence-corrected chi connectivity index (χ3v) is 10.6. The first kappa shape index (κ1) is 24.7. The zero-order valence-corrected chi connectivity index (χ0v) is 21.9. The normalized spacial score (nSPS) is 39.0. The van der Waals surface area contributed by atoms with E-state index in [0.29, 0.717) is 47.9 Å². The molecular weight excluding hydrogens is 408 g/mol. The van der Waals surface area contributed by atoms with Crippen molar-refractivity contribution in [3.05, 3.63) is 23.3 Å². The number of esters is 1. The van der Waals surface area contributed by atoms with Crippen LogP contribution >= 0.6 is 0 Å². The number of hydrogen-bond donors (Lipinski definition) is 0. The van der Waals surface area contributed by atoms with Gasteiger partial charge in [0.25, 0.3) is 0 Å². The number of carbonyl (C=O) groups excluding carboxylic acids is 2. The van der Waals surface area contributed by atoms with Crippen LogP contribution in [0, 0.1) is 46.3 Å². The molecule has 0 saturated heterocycles. The lowest BCUT2D eigenvalue weighted by Gasteiger charge is -2.55. The molecular formula is C30H46O3. The molecule has 8 atom stereocenters. The Hall–Kier alpha value is -1.38. The van der Waals surface area contributed by atoms with Gasteiger partial charge in [0.2, 0.25) is 0 Å². The van der Waals surface area contributed by atoms with Gasteiger partial charge in [-0.15, -0.1) is 0 Å². The summed E-state index contributed by atoms with van der Waals surface area (Å²) in [5.74, 6) is 3.16. The van der Waals surface area contributed by atoms with Gasteiger partial charge in [0.1, 0.15) is 0 Å². The van der Waals surface area contributed by atoms with Crippen LogP contribution in [0.25, 0.3) is 0 Å². The molecule has 4 aliphatic carbocycles. The molecule has 0 bridgehead atoms. The third kappa shape index (κ3) is 4.39. The maximum absolute atomic E-state index is 13.5. The summed E-state index contributed by atoms with van der Waals surface area (Å²) in [6.45, 7) is 13.5. The number of rotatable bonds is 6. The Bertz CT molecular complexity index is 837. The van der Waals surface area contributed by atoms with Crippen molar-refractivity contribution in [2.75, 3.05) is 6.61 Å². The SMILES string of the molecule is CC(=O)OCC(C)C(C)C=C[C@@H](C)[C@H]1CC(=O)C2=C3CC[C@H]4CCCC[C@]4(C)[C@H]3CC[C@@]21C. The van der Waals surface area contributed by atoms with Gasteiger partial charge in [-0.2, -0.15) is 0 Å². The Balaban J connectivity index is 1.53. The molecule has 0 heterocycles. The molecule has 0 aliphatic heterocycles. The standard InChI is InChI=1S/C30H46O3/c1-19(21(3)18-33-22(4)31)10-11-20(2)26-17-27(32)28-24-13-12-23-9-7-8-15-29(23,5)25(24)14-16-30(26,28)6/h10-11,19-21,23,25-26H,7-9,12-18H2,1-6H3/t19?,20-,21?,23-,25+,26-,29+,30-/m1/s1. The van der Waals surface area contributed by atoms with Crippen molar-refractivity contribution < 1.29 is 14.3 Å². The summed E-state index contributed by atoms with van der Waals surface area (Å²) in [7, 11) is 0. The van der Waals surface area contributed by atoms with Crippen molar-refractivity contribution >= 4 is 11.8 Å². The summed E-state index contributed by atoms with van der Waals surface area (Å²) in [5.41, 5.74) is 3.32. The predicted molar refractivity (Wildman–Crippen MR) is 134 cm³/mol. The van der Waals surface area contributed by atoms with E-state index in [-0.39, 0.29) is 17.3 Å². The molecule has 0 spiro atoms. The molecule has 3 saturated carbocycles. The van der Waals surface area contributed by atoms with Crippen LogP contribution in [0.5, 0.6) is 0 Å². The van der Waals surface area contributed by atoms with Gasteiger partial charge < -0.3 is 4.74 Å². The number of Topliss-reactive ketones (excluding diaryl/α,β-unsaturated/α-hetero) is 1. The lowest BCUT2D eigenvalue weighted by atomic mass is 9.49. The van der Waals surface area contributed by atoms with E-state index >= 15 is 0 Å². The van der Waals surface area contributed by atoms with Gasteiger partial charge in [-0.3, -0.25) is 9.59 Å². The Kier molecular flexibility index (Phi) is 7.00. The van der Waals surface area contributed by atoms with Crippen LogP contribution in [-0.2, 0) is 14.3 Å². The average Bonchev–Trinajstić information content (AvgIpc) is 3.05. The summed E-state index contributed by atoms with van der Waals surface area (Å²) in [4.78, 5) is 24.6. The van der Waals surface area contributed by atoms with Crippen molar-refractivity contribution in [3.63, 3.8) is 0 Å². The Labute approximate surface area is 201 Å². The van der Waals surface area contributed by atoms with Crippen LogP contribution in [0.15, 0.2) is 23.3 Å². The summed E-state index contributed by atoms with van der Waals surface area (Å²) in [6.07, 6.45) is 15.8. The number of ether oxygens (including phenoxy) is 1. The lowest BCUT2D eigenvalue weighted by molar-refractivity contribution is -0.142. The number of hydrogen-bond acceptors (Lipinski definition) is 3. The first-order valence-corrected chi connectivity index (χ1v) is 13.7. The lowest BCUT2D eigenvalue weighted by Crippen LogP contribution is -2.46. The van der Waals surface area contributed by atoms with Gasteiger partial charge in [-0.05, 0) is 84.9 Å². The largest absolute Gasteiger partial charge is 0.466 e. The van der Waals surface area contributed by atoms with Crippen molar-refractivity contribution in [1.29, 1.82) is 0 Å². The Morgan fingerprint density at radius 2 is 1.85 bits per heavy atom. The number of allylic oxidation sites excluding steroid dienone is 4. The van der Waals surface area contributed by atoms with Crippen LogP contribution in [0.4, 0.5) is 0 Å². The molecule has 3 nitrogen and oxygen atoms in total. The van der Waals surface area contributed by atoms with Crippen molar-refractivity contribution in [2.45, 2.75) is 99.3 Å².